The standard InChI is InChI=1S/C22H34O6/c1-8-12(2)19(24)27-18-17-13(3)20(25-6)28-22(17,26-7)11-15-9-10-16(23)14(4)21(15,18)5/h8,14-16,18,20,23H,9-11H2,1-7H3/b12-8+. The molecular formula is C22H34O6. The predicted molar refractivity (Wildman–Crippen MR) is 104 cm³/mol. The molecule has 1 heterocycles. The molecular weight excluding hydrogens is 360 g/mol. The van der Waals surface area contributed by atoms with Gasteiger partial charge >= 0.3 is 5.97 Å². The van der Waals surface area contributed by atoms with Crippen LogP contribution < -0.4 is 0 Å². The van der Waals surface area contributed by atoms with Gasteiger partial charge in [-0.15, -0.1) is 0 Å². The van der Waals surface area contributed by atoms with Gasteiger partial charge in [0.15, 0.2) is 12.1 Å². The number of aliphatic hydroxyl groups excluding tert-OH is 1. The van der Waals surface area contributed by atoms with Crippen LogP contribution in [0.15, 0.2) is 22.8 Å². The van der Waals surface area contributed by atoms with Crippen LogP contribution in [0.2, 0.25) is 0 Å². The third-order valence-corrected chi connectivity index (χ3v) is 7.60. The summed E-state index contributed by atoms with van der Waals surface area (Å²) in [4.78, 5) is 12.8. The van der Waals surface area contributed by atoms with Gasteiger partial charge in [-0.05, 0) is 51.0 Å². The van der Waals surface area contributed by atoms with Crippen molar-refractivity contribution in [1.82, 2.24) is 0 Å². The van der Waals surface area contributed by atoms with Crippen LogP contribution in [0.25, 0.3) is 0 Å². The molecule has 2 aliphatic carbocycles. The molecule has 0 bridgehead atoms. The Morgan fingerprint density at radius 2 is 2.00 bits per heavy atom. The number of methoxy groups -OCH3 is 2. The van der Waals surface area contributed by atoms with E-state index in [0.29, 0.717) is 12.0 Å². The molecule has 28 heavy (non-hydrogen) atoms. The largest absolute Gasteiger partial charge is 0.454 e. The quantitative estimate of drug-likeness (QED) is 0.448. The van der Waals surface area contributed by atoms with E-state index in [4.69, 9.17) is 18.9 Å². The molecule has 3 rings (SSSR count). The van der Waals surface area contributed by atoms with Gasteiger partial charge < -0.3 is 24.1 Å². The SMILES string of the molecule is C/C=C(\C)C(=O)OC1C2=C(C)C(OC)OC2(OC)CC2CCC(O)C(C)C21C. The zero-order chi connectivity index (χ0) is 20.9. The molecule has 7 unspecified atom stereocenters. The molecule has 2 saturated carbocycles. The number of hydrogen-bond donors (Lipinski definition) is 1. The van der Waals surface area contributed by atoms with E-state index in [0.717, 1.165) is 24.0 Å². The molecule has 2 fully saturated rings. The summed E-state index contributed by atoms with van der Waals surface area (Å²) >= 11 is 0. The number of rotatable bonds is 4. The summed E-state index contributed by atoms with van der Waals surface area (Å²) in [5, 5.41) is 10.7. The van der Waals surface area contributed by atoms with Crippen LogP contribution in [0.5, 0.6) is 0 Å². The molecule has 0 amide bonds. The second kappa shape index (κ2) is 7.56. The average Bonchev–Trinajstić information content (AvgIpc) is 2.98. The number of hydrogen-bond acceptors (Lipinski definition) is 6. The monoisotopic (exact) mass is 394 g/mol. The lowest BCUT2D eigenvalue weighted by Gasteiger charge is -2.58. The van der Waals surface area contributed by atoms with Crippen molar-refractivity contribution in [2.24, 2.45) is 17.3 Å². The Kier molecular flexibility index (Phi) is 5.80. The third-order valence-electron chi connectivity index (χ3n) is 7.60. The summed E-state index contributed by atoms with van der Waals surface area (Å²) in [7, 11) is 3.23. The number of carbonyl (C=O) groups is 1. The van der Waals surface area contributed by atoms with Gasteiger partial charge in [0.1, 0.15) is 6.10 Å². The number of aliphatic hydroxyl groups is 1. The maximum atomic E-state index is 12.8. The van der Waals surface area contributed by atoms with Gasteiger partial charge in [0.2, 0.25) is 0 Å². The zero-order valence-corrected chi connectivity index (χ0v) is 18.1. The molecule has 0 radical (unpaired) electrons. The van der Waals surface area contributed by atoms with Crippen molar-refractivity contribution in [2.45, 2.75) is 78.2 Å². The van der Waals surface area contributed by atoms with Crippen molar-refractivity contribution < 1.29 is 28.8 Å². The lowest BCUT2D eigenvalue weighted by atomic mass is 9.51. The van der Waals surface area contributed by atoms with Gasteiger partial charge in [-0.25, -0.2) is 4.79 Å². The van der Waals surface area contributed by atoms with E-state index in [2.05, 4.69) is 13.8 Å². The summed E-state index contributed by atoms with van der Waals surface area (Å²) in [5.74, 6) is -1.17. The van der Waals surface area contributed by atoms with Crippen LogP contribution in [0.3, 0.4) is 0 Å². The molecule has 0 saturated heterocycles. The highest BCUT2D eigenvalue weighted by atomic mass is 16.8. The normalized spacial score (nSPS) is 43.6. The molecule has 0 aromatic rings. The fraction of sp³-hybridized carbons (Fsp3) is 0.773. The van der Waals surface area contributed by atoms with E-state index in [9.17, 15) is 9.90 Å². The first kappa shape index (κ1) is 21.5. The average molecular weight is 395 g/mol. The van der Waals surface area contributed by atoms with Crippen molar-refractivity contribution >= 4 is 5.97 Å². The van der Waals surface area contributed by atoms with E-state index in [-0.39, 0.29) is 17.8 Å². The van der Waals surface area contributed by atoms with Crippen LogP contribution >= 0.6 is 0 Å². The van der Waals surface area contributed by atoms with Crippen LogP contribution in [0.4, 0.5) is 0 Å². The second-order valence-electron chi connectivity index (χ2n) is 8.70. The van der Waals surface area contributed by atoms with Gasteiger partial charge in [-0.3, -0.25) is 0 Å². The van der Waals surface area contributed by atoms with Crippen molar-refractivity contribution in [1.29, 1.82) is 0 Å². The minimum atomic E-state index is -0.967. The first-order valence-corrected chi connectivity index (χ1v) is 10.1. The number of ether oxygens (including phenoxy) is 4. The molecule has 6 nitrogen and oxygen atoms in total. The molecule has 0 aromatic carbocycles. The van der Waals surface area contributed by atoms with Gasteiger partial charge in [0.05, 0.1) is 6.10 Å². The van der Waals surface area contributed by atoms with Crippen LogP contribution in [-0.2, 0) is 23.7 Å². The van der Waals surface area contributed by atoms with Crippen LogP contribution in [0.1, 0.15) is 53.9 Å². The lowest BCUT2D eigenvalue weighted by molar-refractivity contribution is -0.285. The van der Waals surface area contributed by atoms with E-state index >= 15 is 0 Å². The zero-order valence-electron chi connectivity index (χ0n) is 18.1. The Morgan fingerprint density at radius 1 is 1.32 bits per heavy atom. The molecule has 1 N–H and O–H groups in total. The van der Waals surface area contributed by atoms with Crippen LogP contribution in [-0.4, -0.2) is 49.6 Å². The Morgan fingerprint density at radius 3 is 2.57 bits per heavy atom. The Bertz CT molecular complexity index is 697. The van der Waals surface area contributed by atoms with Crippen molar-refractivity contribution in [3.05, 3.63) is 22.8 Å². The van der Waals surface area contributed by atoms with E-state index in [1.807, 2.05) is 13.8 Å². The topological polar surface area (TPSA) is 74.2 Å². The molecule has 0 spiro atoms. The molecule has 6 heteroatoms. The van der Waals surface area contributed by atoms with Gasteiger partial charge in [-0.1, -0.05) is 19.9 Å². The van der Waals surface area contributed by atoms with Gasteiger partial charge in [-0.2, -0.15) is 0 Å². The summed E-state index contributed by atoms with van der Waals surface area (Å²) in [5.41, 5.74) is 1.84. The first-order valence-electron chi connectivity index (χ1n) is 10.1. The summed E-state index contributed by atoms with van der Waals surface area (Å²) < 4.78 is 23.8. The molecule has 3 aliphatic rings. The Hall–Kier alpha value is -1.21. The first-order chi connectivity index (χ1) is 13.2. The van der Waals surface area contributed by atoms with E-state index in [1.165, 1.54) is 0 Å². The minimum Gasteiger partial charge on any atom is -0.454 e. The van der Waals surface area contributed by atoms with Crippen molar-refractivity contribution in [3.63, 3.8) is 0 Å². The summed E-state index contributed by atoms with van der Waals surface area (Å²) in [6, 6.07) is 0. The fourth-order valence-corrected chi connectivity index (χ4v) is 5.42. The molecule has 0 aromatic heterocycles. The highest BCUT2D eigenvalue weighted by Gasteiger charge is 2.65. The smallest absolute Gasteiger partial charge is 0.333 e. The number of fused-ring (bicyclic) bond motifs is 2. The summed E-state index contributed by atoms with van der Waals surface area (Å²) in [6.07, 6.45) is 2.43. The Labute approximate surface area is 167 Å². The van der Waals surface area contributed by atoms with Crippen molar-refractivity contribution in [3.8, 4) is 0 Å². The minimum absolute atomic E-state index is 0.0355. The maximum absolute atomic E-state index is 12.8. The summed E-state index contributed by atoms with van der Waals surface area (Å²) in [6.45, 7) is 9.70. The Balaban J connectivity index is 2.16. The fourth-order valence-electron chi connectivity index (χ4n) is 5.42. The van der Waals surface area contributed by atoms with Gasteiger partial charge in [0.25, 0.3) is 0 Å². The third kappa shape index (κ3) is 2.96. The number of carbonyl (C=O) groups excluding carboxylic acids is 1. The van der Waals surface area contributed by atoms with E-state index in [1.54, 1.807) is 27.2 Å². The highest BCUT2D eigenvalue weighted by Crippen LogP contribution is 2.61. The second-order valence-corrected chi connectivity index (χ2v) is 8.70. The molecule has 1 aliphatic heterocycles. The lowest BCUT2D eigenvalue weighted by Crippen LogP contribution is -2.62. The van der Waals surface area contributed by atoms with E-state index < -0.39 is 29.7 Å². The van der Waals surface area contributed by atoms with Crippen molar-refractivity contribution in [2.75, 3.05) is 14.2 Å². The molecule has 7 atom stereocenters. The predicted octanol–water partition coefficient (Wildman–Crippen LogP) is 3.34. The van der Waals surface area contributed by atoms with Gasteiger partial charge in [0, 0.05) is 37.2 Å². The van der Waals surface area contributed by atoms with Crippen LogP contribution in [0, 0.1) is 17.3 Å². The maximum Gasteiger partial charge on any atom is 0.333 e. The number of allylic oxidation sites excluding steroid dienone is 1. The highest BCUT2D eigenvalue weighted by molar-refractivity contribution is 5.88. The number of esters is 1. The molecule has 158 valence electrons.